The summed E-state index contributed by atoms with van der Waals surface area (Å²) in [5, 5.41) is 3.08. The van der Waals surface area contributed by atoms with Crippen LogP contribution in [0.3, 0.4) is 0 Å². The van der Waals surface area contributed by atoms with Gasteiger partial charge in [0.2, 0.25) is 5.88 Å². The molecule has 2 aromatic heterocycles. The molecule has 0 aliphatic carbocycles. The highest BCUT2D eigenvalue weighted by Gasteiger charge is 2.16. The van der Waals surface area contributed by atoms with Crippen molar-refractivity contribution < 1.29 is 22.5 Å². The molecule has 4 bridgehead atoms. The Morgan fingerprint density at radius 1 is 1.11 bits per heavy atom. The maximum atomic E-state index is 14.7. The van der Waals surface area contributed by atoms with E-state index in [1.807, 2.05) is 13.8 Å². The van der Waals surface area contributed by atoms with Crippen molar-refractivity contribution in [1.82, 2.24) is 9.97 Å². The van der Waals surface area contributed by atoms with Gasteiger partial charge >= 0.3 is 0 Å². The third kappa shape index (κ3) is 6.45. The highest BCUT2D eigenvalue weighted by molar-refractivity contribution is 7.92. The van der Waals surface area contributed by atoms with Crippen molar-refractivity contribution in [3.63, 3.8) is 0 Å². The summed E-state index contributed by atoms with van der Waals surface area (Å²) in [5.41, 5.74) is 1.36. The second-order valence-electron chi connectivity index (χ2n) is 8.53. The predicted molar refractivity (Wildman–Crippen MR) is 133 cm³/mol. The van der Waals surface area contributed by atoms with Gasteiger partial charge < -0.3 is 14.8 Å². The summed E-state index contributed by atoms with van der Waals surface area (Å²) >= 11 is 0. The van der Waals surface area contributed by atoms with Crippen molar-refractivity contribution in [1.29, 1.82) is 0 Å². The number of hydrogen-bond acceptors (Lipinski definition) is 7. The van der Waals surface area contributed by atoms with Crippen molar-refractivity contribution in [2.45, 2.75) is 38.5 Å². The smallest absolute Gasteiger partial charge is 0.215 e. The molecule has 186 valence electrons. The lowest BCUT2D eigenvalue weighted by molar-refractivity contribution is 0.242. The van der Waals surface area contributed by atoms with E-state index in [9.17, 15) is 13.0 Å². The van der Waals surface area contributed by atoms with Crippen LogP contribution in [0.15, 0.2) is 47.0 Å². The first-order valence-corrected chi connectivity index (χ1v) is 13.5. The molecule has 3 heterocycles. The van der Waals surface area contributed by atoms with E-state index in [-0.39, 0.29) is 36.3 Å². The minimum absolute atomic E-state index is 0.00798. The van der Waals surface area contributed by atoms with Gasteiger partial charge in [-0.3, -0.25) is 0 Å². The summed E-state index contributed by atoms with van der Waals surface area (Å²) in [6.07, 6.45) is 4.02. The number of benzene rings is 1. The van der Waals surface area contributed by atoms with Gasteiger partial charge in [-0.25, -0.2) is 22.3 Å². The zero-order valence-corrected chi connectivity index (χ0v) is 20.7. The number of halogens is 2. The average Bonchev–Trinajstić information content (AvgIpc) is 2.79. The molecule has 0 saturated heterocycles. The van der Waals surface area contributed by atoms with Gasteiger partial charge in [-0.2, -0.15) is 4.98 Å². The zero-order chi connectivity index (χ0) is 25.0. The molecular formula is C25H28F2N4O3S. The highest BCUT2D eigenvalue weighted by atomic mass is 32.2. The molecule has 2 atom stereocenters. The molecule has 1 aliphatic rings. The molecular weight excluding hydrogens is 474 g/mol. The second kappa shape index (κ2) is 10.6. The maximum absolute atomic E-state index is 14.7. The summed E-state index contributed by atoms with van der Waals surface area (Å²) in [6.45, 7) is 4.46. The first kappa shape index (κ1) is 24.8. The van der Waals surface area contributed by atoms with Crippen molar-refractivity contribution in [2.75, 3.05) is 24.8 Å². The third-order valence-electron chi connectivity index (χ3n) is 5.43. The molecule has 0 fully saturated rings. The minimum Gasteiger partial charge on any atom is -0.493 e. The van der Waals surface area contributed by atoms with Crippen LogP contribution in [-0.2, 0) is 15.5 Å². The van der Waals surface area contributed by atoms with Crippen LogP contribution in [0.25, 0.3) is 11.1 Å². The lowest BCUT2D eigenvalue weighted by atomic mass is 10.0. The summed E-state index contributed by atoms with van der Waals surface area (Å²) < 4.78 is 57.7. The highest BCUT2D eigenvalue weighted by Crippen LogP contribution is 2.34. The number of aromatic nitrogens is 2. The Hall–Kier alpha value is -3.27. The van der Waals surface area contributed by atoms with Gasteiger partial charge in [-0.05, 0) is 43.2 Å². The van der Waals surface area contributed by atoms with Crippen LogP contribution in [-0.4, -0.2) is 39.7 Å². The zero-order valence-electron chi connectivity index (χ0n) is 19.9. The fourth-order valence-corrected chi connectivity index (χ4v) is 5.45. The molecule has 1 N–H and O–H groups in total. The molecule has 0 spiro atoms. The molecule has 3 aromatic rings. The molecule has 35 heavy (non-hydrogen) atoms. The van der Waals surface area contributed by atoms with Crippen molar-refractivity contribution in [3.05, 3.63) is 59.8 Å². The van der Waals surface area contributed by atoms with E-state index >= 15 is 0 Å². The molecule has 0 saturated carbocycles. The van der Waals surface area contributed by atoms with Gasteiger partial charge in [-0.1, -0.05) is 6.92 Å². The molecule has 1 aromatic carbocycles. The lowest BCUT2D eigenvalue weighted by Crippen LogP contribution is -2.10. The average molecular weight is 503 g/mol. The number of anilines is 2. The van der Waals surface area contributed by atoms with E-state index < -0.39 is 21.4 Å². The van der Waals surface area contributed by atoms with Gasteiger partial charge in [0, 0.05) is 45.7 Å². The second-order valence-corrected chi connectivity index (χ2v) is 10.9. The molecule has 7 nitrogen and oxygen atoms in total. The van der Waals surface area contributed by atoms with Crippen molar-refractivity contribution in [3.8, 4) is 22.8 Å². The van der Waals surface area contributed by atoms with E-state index in [2.05, 4.69) is 19.6 Å². The normalized spacial score (nSPS) is 15.8. The largest absolute Gasteiger partial charge is 0.493 e. The summed E-state index contributed by atoms with van der Waals surface area (Å²) in [5.74, 6) is 0.499. The van der Waals surface area contributed by atoms with Gasteiger partial charge in [0.25, 0.3) is 0 Å². The molecule has 2 unspecified atom stereocenters. The van der Waals surface area contributed by atoms with Gasteiger partial charge in [0.1, 0.15) is 29.0 Å². The van der Waals surface area contributed by atoms with Gasteiger partial charge in [0.15, 0.2) is 0 Å². The Morgan fingerprint density at radius 2 is 1.91 bits per heavy atom. The van der Waals surface area contributed by atoms with E-state index in [0.29, 0.717) is 29.5 Å². The summed E-state index contributed by atoms with van der Waals surface area (Å²) in [4.78, 5) is 8.60. The van der Waals surface area contributed by atoms with Gasteiger partial charge in [-0.15, -0.1) is 0 Å². The van der Waals surface area contributed by atoms with Gasteiger partial charge in [0.05, 0.1) is 31.2 Å². The van der Waals surface area contributed by atoms with Crippen LogP contribution >= 0.6 is 0 Å². The Balaban J connectivity index is 1.75. The predicted octanol–water partition coefficient (Wildman–Crippen LogP) is 5.72. The van der Waals surface area contributed by atoms with Crippen LogP contribution in [0.1, 0.15) is 32.3 Å². The number of nitrogens with zero attached hydrogens (tertiary/aromatic N) is 3. The van der Waals surface area contributed by atoms with E-state index in [4.69, 9.17) is 9.47 Å². The lowest BCUT2D eigenvalue weighted by Gasteiger charge is -2.16. The van der Waals surface area contributed by atoms with Crippen LogP contribution in [0.2, 0.25) is 0 Å². The molecule has 1 aliphatic heterocycles. The SMILES string of the molecule is CCC(C)N=S(C)(=O)Cc1cc2nc(c1)OCCCOc1cc(F)ccc1-c1cc(ncc1F)N2. The quantitative estimate of drug-likeness (QED) is 0.491. The topological polar surface area (TPSA) is 85.7 Å². The fourth-order valence-electron chi connectivity index (χ4n) is 3.68. The number of nitrogens with one attached hydrogen (secondary N) is 1. The first-order valence-electron chi connectivity index (χ1n) is 11.4. The molecule has 0 amide bonds. The fraction of sp³-hybridized carbons (Fsp3) is 0.360. The maximum Gasteiger partial charge on any atom is 0.215 e. The number of fused-ring (bicyclic) bond motifs is 6. The standard InChI is InChI=1S/C25H28F2N4O3S/c1-4-16(2)31-35(3,32)15-17-10-24-29-23-13-20(21(27)14-28-23)19-7-6-18(26)12-22(19)33-8-5-9-34-25(11-17)30-24/h6-7,10-14,16H,4-5,8-9,15H2,1-3H3,(H,28,29,30). The van der Waals surface area contributed by atoms with E-state index in [1.165, 1.54) is 24.3 Å². The Bertz CT molecular complexity index is 1340. The summed E-state index contributed by atoms with van der Waals surface area (Å²) in [7, 11) is -2.47. The van der Waals surface area contributed by atoms with E-state index in [1.54, 1.807) is 18.4 Å². The number of pyridine rings is 2. The van der Waals surface area contributed by atoms with Crippen molar-refractivity contribution >= 4 is 21.4 Å². The van der Waals surface area contributed by atoms with E-state index in [0.717, 1.165) is 18.2 Å². The van der Waals surface area contributed by atoms with Crippen LogP contribution in [0, 0.1) is 11.6 Å². The van der Waals surface area contributed by atoms with Crippen molar-refractivity contribution in [2.24, 2.45) is 4.36 Å². The monoisotopic (exact) mass is 502 g/mol. The minimum atomic E-state index is -2.47. The molecule has 4 rings (SSSR count). The molecule has 10 heteroatoms. The number of hydrogen-bond donors (Lipinski definition) is 1. The Kier molecular flexibility index (Phi) is 7.49. The number of rotatable bonds is 4. The van der Waals surface area contributed by atoms with Crippen LogP contribution < -0.4 is 14.8 Å². The summed E-state index contributed by atoms with van der Waals surface area (Å²) in [6, 6.07) is 8.96. The third-order valence-corrected chi connectivity index (χ3v) is 7.11. The first-order chi connectivity index (χ1) is 16.7. The van der Waals surface area contributed by atoms with Crippen LogP contribution in [0.5, 0.6) is 11.6 Å². The van der Waals surface area contributed by atoms with Crippen LogP contribution in [0.4, 0.5) is 20.4 Å². The Morgan fingerprint density at radius 3 is 2.71 bits per heavy atom. The Labute approximate surface area is 204 Å². The molecule has 0 radical (unpaired) electrons. The number of ether oxygens (including phenoxy) is 2.